The Morgan fingerprint density at radius 1 is 1.11 bits per heavy atom. The summed E-state index contributed by atoms with van der Waals surface area (Å²) in [4.78, 5) is 2.93. The van der Waals surface area contributed by atoms with E-state index < -0.39 is 27.1 Å². The van der Waals surface area contributed by atoms with Crippen molar-refractivity contribution in [2.75, 3.05) is 12.4 Å². The summed E-state index contributed by atoms with van der Waals surface area (Å²) >= 11 is 0. The van der Waals surface area contributed by atoms with Crippen molar-refractivity contribution in [3.8, 4) is 5.69 Å². The van der Waals surface area contributed by atoms with E-state index in [0.29, 0.717) is 11.1 Å². The van der Waals surface area contributed by atoms with Gasteiger partial charge in [-0.3, -0.25) is 0 Å². The van der Waals surface area contributed by atoms with E-state index in [4.69, 9.17) is 0 Å². The molecule has 0 atom stereocenters. The summed E-state index contributed by atoms with van der Waals surface area (Å²) in [6.07, 6.45) is -1.59. The minimum absolute atomic E-state index is 0.0395. The molecule has 0 amide bonds. The minimum Gasteiger partial charge on any atom is -0.357 e. The molecular formula is C16H16F4N4O2S. The number of aromatic nitrogens is 3. The molecule has 11 heteroatoms. The third kappa shape index (κ3) is 3.40. The van der Waals surface area contributed by atoms with E-state index in [1.807, 2.05) is 0 Å². The Hall–Kier alpha value is -2.17. The van der Waals surface area contributed by atoms with Gasteiger partial charge in [-0.05, 0) is 54.7 Å². The van der Waals surface area contributed by atoms with Crippen molar-refractivity contribution in [3.05, 3.63) is 29.1 Å². The SMILES string of the molecule is CNc1nc(C(F)(F)F)nn1-c1cc(S(=O)(=O)F)c(C2CC2)cc1C1CC1. The largest absolute Gasteiger partial charge is 0.453 e. The lowest BCUT2D eigenvalue weighted by Gasteiger charge is -2.15. The molecule has 2 aromatic rings. The lowest BCUT2D eigenvalue weighted by Crippen LogP contribution is -2.11. The van der Waals surface area contributed by atoms with Crippen LogP contribution in [0, 0.1) is 0 Å². The molecule has 146 valence electrons. The van der Waals surface area contributed by atoms with Crippen LogP contribution in [0.1, 0.15) is 54.5 Å². The Balaban J connectivity index is 1.96. The van der Waals surface area contributed by atoms with Crippen molar-refractivity contribution in [3.63, 3.8) is 0 Å². The van der Waals surface area contributed by atoms with Crippen LogP contribution in [0.4, 0.5) is 23.0 Å². The number of hydrogen-bond donors (Lipinski definition) is 1. The molecule has 0 bridgehead atoms. The van der Waals surface area contributed by atoms with Crippen LogP contribution < -0.4 is 5.32 Å². The first-order valence-electron chi connectivity index (χ1n) is 8.44. The van der Waals surface area contributed by atoms with Gasteiger partial charge in [0, 0.05) is 7.05 Å². The van der Waals surface area contributed by atoms with Crippen LogP contribution in [0.2, 0.25) is 0 Å². The van der Waals surface area contributed by atoms with Crippen LogP contribution in [0.25, 0.3) is 5.69 Å². The monoisotopic (exact) mass is 404 g/mol. The lowest BCUT2D eigenvalue weighted by molar-refractivity contribution is -0.144. The first-order valence-corrected chi connectivity index (χ1v) is 9.83. The van der Waals surface area contributed by atoms with Crippen LogP contribution in [-0.2, 0) is 16.4 Å². The van der Waals surface area contributed by atoms with Crippen molar-refractivity contribution in [1.29, 1.82) is 0 Å². The van der Waals surface area contributed by atoms with Crippen molar-refractivity contribution >= 4 is 16.2 Å². The number of rotatable bonds is 5. The fourth-order valence-electron chi connectivity index (χ4n) is 3.19. The van der Waals surface area contributed by atoms with E-state index in [9.17, 15) is 25.5 Å². The van der Waals surface area contributed by atoms with Crippen LogP contribution in [0.15, 0.2) is 17.0 Å². The van der Waals surface area contributed by atoms with Crippen molar-refractivity contribution in [2.45, 2.75) is 48.6 Å². The summed E-state index contributed by atoms with van der Waals surface area (Å²) in [5.74, 6) is -1.52. The third-order valence-electron chi connectivity index (χ3n) is 4.77. The molecule has 1 heterocycles. The van der Waals surface area contributed by atoms with E-state index in [0.717, 1.165) is 36.4 Å². The number of nitrogens with zero attached hydrogens (tertiary/aromatic N) is 3. The molecule has 1 aromatic heterocycles. The average Bonchev–Trinajstić information content (AvgIpc) is 3.48. The van der Waals surface area contributed by atoms with Crippen LogP contribution in [-0.4, -0.2) is 30.2 Å². The minimum atomic E-state index is -5.04. The molecule has 2 saturated carbocycles. The van der Waals surface area contributed by atoms with Gasteiger partial charge in [0.2, 0.25) is 5.95 Å². The lowest BCUT2D eigenvalue weighted by atomic mass is 10.0. The van der Waals surface area contributed by atoms with Crippen molar-refractivity contribution < 1.29 is 25.5 Å². The standard InChI is InChI=1S/C16H16F4N4O2S/c1-21-15-22-14(16(17,18)19)23-24(15)12-7-13(27(20,25)26)11(9-4-5-9)6-10(12)8-2-3-8/h6-9H,2-5H2,1H3,(H,21,22,23). The fraction of sp³-hybridized carbons (Fsp3) is 0.500. The van der Waals surface area contributed by atoms with E-state index in [1.54, 1.807) is 6.07 Å². The van der Waals surface area contributed by atoms with Gasteiger partial charge in [0.05, 0.1) is 5.69 Å². The predicted molar refractivity (Wildman–Crippen MR) is 88.2 cm³/mol. The van der Waals surface area contributed by atoms with Gasteiger partial charge in [-0.15, -0.1) is 8.98 Å². The summed E-state index contributed by atoms with van der Waals surface area (Å²) in [5.41, 5.74) is 1.16. The van der Waals surface area contributed by atoms with Gasteiger partial charge in [-0.1, -0.05) is 6.07 Å². The first-order chi connectivity index (χ1) is 12.6. The topological polar surface area (TPSA) is 76.9 Å². The molecule has 0 aliphatic heterocycles. The fourth-order valence-corrected chi connectivity index (χ4v) is 3.95. The van der Waals surface area contributed by atoms with E-state index in [2.05, 4.69) is 15.4 Å². The van der Waals surface area contributed by atoms with Gasteiger partial charge in [0.25, 0.3) is 5.82 Å². The van der Waals surface area contributed by atoms with Gasteiger partial charge in [-0.25, -0.2) is 0 Å². The molecule has 2 fully saturated rings. The van der Waals surface area contributed by atoms with Crippen LogP contribution in [0.3, 0.4) is 0 Å². The molecular weight excluding hydrogens is 388 g/mol. The number of alkyl halides is 3. The maximum absolute atomic E-state index is 13.9. The normalized spacial score (nSPS) is 18.0. The van der Waals surface area contributed by atoms with Gasteiger partial charge in [0.15, 0.2) is 0 Å². The Bertz CT molecular complexity index is 1010. The predicted octanol–water partition coefficient (Wildman–Crippen LogP) is 3.74. The summed E-state index contributed by atoms with van der Waals surface area (Å²) in [5, 5.41) is 6.03. The summed E-state index contributed by atoms with van der Waals surface area (Å²) < 4.78 is 77.3. The quantitative estimate of drug-likeness (QED) is 0.607. The van der Waals surface area contributed by atoms with Gasteiger partial charge in [0.1, 0.15) is 4.90 Å². The summed E-state index contributed by atoms with van der Waals surface area (Å²) in [6, 6.07) is 2.71. The molecule has 1 N–H and O–H groups in total. The Morgan fingerprint density at radius 2 is 1.70 bits per heavy atom. The smallest absolute Gasteiger partial charge is 0.357 e. The number of nitrogens with one attached hydrogen (secondary N) is 1. The molecule has 1 aromatic carbocycles. The molecule has 2 aliphatic rings. The van der Waals surface area contributed by atoms with E-state index in [1.165, 1.54) is 7.05 Å². The number of anilines is 1. The van der Waals surface area contributed by atoms with Crippen molar-refractivity contribution in [2.24, 2.45) is 0 Å². The second kappa shape index (κ2) is 5.91. The third-order valence-corrected chi connectivity index (χ3v) is 5.65. The summed E-state index contributed by atoms with van der Waals surface area (Å²) in [6.45, 7) is 0. The maximum atomic E-state index is 13.9. The van der Waals surface area contributed by atoms with Crippen LogP contribution >= 0.6 is 0 Å². The molecule has 27 heavy (non-hydrogen) atoms. The zero-order valence-electron chi connectivity index (χ0n) is 14.2. The zero-order valence-corrected chi connectivity index (χ0v) is 15.0. The number of benzene rings is 1. The highest BCUT2D eigenvalue weighted by atomic mass is 32.3. The molecule has 0 spiro atoms. The zero-order chi connectivity index (χ0) is 19.6. The van der Waals surface area contributed by atoms with Gasteiger partial charge in [-0.2, -0.15) is 31.3 Å². The Labute approximate surface area is 152 Å². The molecule has 0 unspecified atom stereocenters. The molecule has 2 aliphatic carbocycles. The second-order valence-electron chi connectivity index (χ2n) is 6.85. The van der Waals surface area contributed by atoms with E-state index >= 15 is 0 Å². The van der Waals surface area contributed by atoms with E-state index in [-0.39, 0.29) is 23.5 Å². The van der Waals surface area contributed by atoms with Gasteiger partial charge < -0.3 is 5.32 Å². The highest BCUT2D eigenvalue weighted by Crippen LogP contribution is 2.49. The Morgan fingerprint density at radius 3 is 2.19 bits per heavy atom. The molecule has 6 nitrogen and oxygen atoms in total. The highest BCUT2D eigenvalue weighted by molar-refractivity contribution is 7.86. The number of hydrogen-bond acceptors (Lipinski definition) is 5. The maximum Gasteiger partial charge on any atom is 0.453 e. The second-order valence-corrected chi connectivity index (χ2v) is 8.17. The van der Waals surface area contributed by atoms with Crippen molar-refractivity contribution in [1.82, 2.24) is 14.8 Å². The highest BCUT2D eigenvalue weighted by Gasteiger charge is 2.39. The average molecular weight is 404 g/mol. The Kier molecular flexibility index (Phi) is 3.99. The van der Waals surface area contributed by atoms with Gasteiger partial charge >= 0.3 is 16.4 Å². The molecule has 0 saturated heterocycles. The summed E-state index contributed by atoms with van der Waals surface area (Å²) in [7, 11) is -3.66. The first kappa shape index (κ1) is 18.2. The molecule has 0 radical (unpaired) electrons. The van der Waals surface area contributed by atoms with Crippen LogP contribution in [0.5, 0.6) is 0 Å². The molecule has 4 rings (SSSR count). The number of halogens is 4.